The van der Waals surface area contributed by atoms with Gasteiger partial charge in [0.1, 0.15) is 30.5 Å². The van der Waals surface area contributed by atoms with Crippen LogP contribution in [0.1, 0.15) is 32.4 Å². The highest BCUT2D eigenvalue weighted by Crippen LogP contribution is 2.37. The highest BCUT2D eigenvalue weighted by atomic mass is 28.4. The molecule has 0 aliphatic carbocycles. The van der Waals surface area contributed by atoms with E-state index >= 15 is 0 Å². The molecule has 1 aliphatic heterocycles. The third-order valence-electron chi connectivity index (χ3n) is 5.84. The van der Waals surface area contributed by atoms with Crippen molar-refractivity contribution in [3.05, 3.63) is 35.9 Å². The second kappa shape index (κ2) is 9.71. The van der Waals surface area contributed by atoms with Gasteiger partial charge in [-0.2, -0.15) is 0 Å². The zero-order valence-corrected chi connectivity index (χ0v) is 19.2. The van der Waals surface area contributed by atoms with E-state index in [2.05, 4.69) is 39.8 Å². The van der Waals surface area contributed by atoms with Crippen LogP contribution in [0.5, 0.6) is 0 Å². The van der Waals surface area contributed by atoms with Gasteiger partial charge in [0.2, 0.25) is 0 Å². The molecule has 2 N–H and O–H groups in total. The van der Waals surface area contributed by atoms with Crippen LogP contribution in [-0.2, 0) is 18.6 Å². The third kappa shape index (κ3) is 5.67. The van der Waals surface area contributed by atoms with Crippen molar-refractivity contribution in [1.82, 2.24) is 0 Å². The molecule has 0 saturated carbocycles. The second-order valence-corrected chi connectivity index (χ2v) is 13.7. The molecule has 6 atom stereocenters. The first-order valence-electron chi connectivity index (χ1n) is 9.86. The van der Waals surface area contributed by atoms with Crippen molar-refractivity contribution in [2.75, 3.05) is 13.7 Å². The van der Waals surface area contributed by atoms with Crippen molar-refractivity contribution in [3.63, 3.8) is 0 Å². The van der Waals surface area contributed by atoms with E-state index in [1.165, 1.54) is 7.11 Å². The summed E-state index contributed by atoms with van der Waals surface area (Å²) < 4.78 is 23.2. The van der Waals surface area contributed by atoms with E-state index in [0.29, 0.717) is 0 Å². The van der Waals surface area contributed by atoms with Gasteiger partial charge in [0.05, 0.1) is 6.61 Å². The van der Waals surface area contributed by atoms with Gasteiger partial charge in [-0.25, -0.2) is 0 Å². The third-order valence-corrected chi connectivity index (χ3v) is 10.3. The van der Waals surface area contributed by atoms with E-state index in [1.54, 1.807) is 0 Å². The number of terminal acetylenes is 1. The molecule has 1 aromatic rings. The quantitative estimate of drug-likeness (QED) is 0.520. The predicted molar refractivity (Wildman–Crippen MR) is 114 cm³/mol. The molecule has 162 valence electrons. The summed E-state index contributed by atoms with van der Waals surface area (Å²) in [5.41, 5.74) is 0.768. The summed E-state index contributed by atoms with van der Waals surface area (Å²) in [6.07, 6.45) is -0.0289. The minimum atomic E-state index is -2.05. The zero-order valence-electron chi connectivity index (χ0n) is 18.2. The lowest BCUT2D eigenvalue weighted by Gasteiger charge is -2.44. The highest BCUT2D eigenvalue weighted by Gasteiger charge is 2.48. The Morgan fingerprint density at radius 2 is 1.79 bits per heavy atom. The van der Waals surface area contributed by atoms with E-state index in [-0.39, 0.29) is 11.6 Å². The summed E-state index contributed by atoms with van der Waals surface area (Å²) >= 11 is 0. The maximum Gasteiger partial charge on any atom is 0.192 e. The molecule has 0 unspecified atom stereocenters. The van der Waals surface area contributed by atoms with Crippen molar-refractivity contribution in [2.45, 2.75) is 75.7 Å². The number of hydrogen-bond acceptors (Lipinski definition) is 6. The summed E-state index contributed by atoms with van der Waals surface area (Å²) in [7, 11) is -0.614. The number of aliphatic hydroxyl groups excluding tert-OH is 2. The molecule has 0 bridgehead atoms. The Labute approximate surface area is 175 Å². The Bertz CT molecular complexity index is 681. The first-order chi connectivity index (χ1) is 13.5. The fraction of sp³-hybridized carbons (Fsp3) is 0.636. The van der Waals surface area contributed by atoms with Gasteiger partial charge in [0.15, 0.2) is 14.6 Å². The van der Waals surface area contributed by atoms with Gasteiger partial charge in [-0.1, -0.05) is 57.0 Å². The number of rotatable bonds is 7. The maximum atomic E-state index is 10.9. The minimum Gasteiger partial charge on any atom is -0.414 e. The number of hydrogen-bond donors (Lipinski definition) is 2. The van der Waals surface area contributed by atoms with Crippen LogP contribution in [0.2, 0.25) is 18.1 Å². The number of ether oxygens (including phenoxy) is 3. The lowest BCUT2D eigenvalue weighted by Crippen LogP contribution is -2.61. The van der Waals surface area contributed by atoms with Crippen molar-refractivity contribution < 1.29 is 28.8 Å². The standard InChI is InChI=1S/C22H34O6Si/c1-8-16(15-12-10-9-11-13-15)27-20-18(23)17(28-21(25-5)19(20)24)14-26-29(6,7)22(2,3)4/h1,9-13,16-21,23-24H,14H2,2-7H3/t16-,17+,18-,19+,20-,21-/m0/s1. The Morgan fingerprint density at radius 1 is 1.17 bits per heavy atom. The van der Waals surface area contributed by atoms with Gasteiger partial charge in [0, 0.05) is 7.11 Å². The molecule has 1 aliphatic rings. The number of methoxy groups -OCH3 is 1. The summed E-state index contributed by atoms with van der Waals surface area (Å²) in [5, 5.41) is 21.6. The lowest BCUT2D eigenvalue weighted by atomic mass is 9.98. The van der Waals surface area contributed by atoms with Gasteiger partial charge < -0.3 is 28.8 Å². The molecule has 1 aromatic carbocycles. The average Bonchev–Trinajstić information content (AvgIpc) is 2.67. The van der Waals surface area contributed by atoms with Gasteiger partial charge in [-0.15, -0.1) is 6.42 Å². The van der Waals surface area contributed by atoms with E-state index in [9.17, 15) is 10.2 Å². The van der Waals surface area contributed by atoms with Crippen LogP contribution in [0.3, 0.4) is 0 Å². The Kier molecular flexibility index (Phi) is 8.05. The monoisotopic (exact) mass is 422 g/mol. The molecule has 1 heterocycles. The zero-order chi connectivity index (χ0) is 21.8. The minimum absolute atomic E-state index is 0.0184. The maximum absolute atomic E-state index is 10.9. The van der Waals surface area contributed by atoms with Gasteiger partial charge in [0.25, 0.3) is 0 Å². The smallest absolute Gasteiger partial charge is 0.192 e. The average molecular weight is 423 g/mol. The van der Waals surface area contributed by atoms with Gasteiger partial charge >= 0.3 is 0 Å². The SMILES string of the molecule is C#C[C@H](O[C@H]1[C@@H](O)[C@@H](CO[Si](C)(C)C(C)(C)C)O[C@H](OC)[C@@H]1O)c1ccccc1. The molecule has 0 amide bonds. The molecule has 7 heteroatoms. The van der Waals surface area contributed by atoms with Crippen molar-refractivity contribution in [1.29, 1.82) is 0 Å². The van der Waals surface area contributed by atoms with Crippen molar-refractivity contribution in [3.8, 4) is 12.3 Å². The molecule has 1 fully saturated rings. The summed E-state index contributed by atoms with van der Waals surface area (Å²) in [6.45, 7) is 10.9. The van der Waals surface area contributed by atoms with Crippen LogP contribution >= 0.6 is 0 Å². The first kappa shape index (κ1) is 24.0. The van der Waals surface area contributed by atoms with Crippen LogP contribution in [0.15, 0.2) is 30.3 Å². The molecule has 29 heavy (non-hydrogen) atoms. The van der Waals surface area contributed by atoms with Crippen LogP contribution in [0, 0.1) is 12.3 Å². The van der Waals surface area contributed by atoms with Gasteiger partial charge in [-0.05, 0) is 23.7 Å². The molecule has 1 saturated heterocycles. The summed E-state index contributed by atoms with van der Waals surface area (Å²) in [6, 6.07) is 9.27. The van der Waals surface area contributed by atoms with Crippen LogP contribution < -0.4 is 0 Å². The highest BCUT2D eigenvalue weighted by molar-refractivity contribution is 6.74. The second-order valence-electron chi connectivity index (χ2n) is 8.89. The van der Waals surface area contributed by atoms with E-state index in [4.69, 9.17) is 25.1 Å². The van der Waals surface area contributed by atoms with Crippen LogP contribution in [-0.4, -0.2) is 63.0 Å². The number of aliphatic hydroxyl groups is 2. The molecule has 0 aromatic heterocycles. The molecule has 2 rings (SSSR count). The fourth-order valence-corrected chi connectivity index (χ4v) is 3.92. The normalized spacial score (nSPS) is 29.3. The molecular formula is C22H34O6Si. The number of benzene rings is 1. The van der Waals surface area contributed by atoms with Gasteiger partial charge in [-0.3, -0.25) is 0 Å². The predicted octanol–water partition coefficient (Wildman–Crippen LogP) is 2.86. The fourth-order valence-electron chi connectivity index (χ4n) is 2.90. The molecule has 0 spiro atoms. The Hall–Kier alpha value is -1.24. The summed E-state index contributed by atoms with van der Waals surface area (Å²) in [5.74, 6) is 2.58. The van der Waals surface area contributed by atoms with E-state index in [0.717, 1.165) is 5.56 Å². The molecule has 0 radical (unpaired) electrons. The van der Waals surface area contributed by atoms with Crippen LogP contribution in [0.4, 0.5) is 0 Å². The van der Waals surface area contributed by atoms with Crippen molar-refractivity contribution >= 4 is 8.32 Å². The molecule has 6 nitrogen and oxygen atoms in total. The first-order valence-corrected chi connectivity index (χ1v) is 12.8. The molecular weight excluding hydrogens is 388 g/mol. The lowest BCUT2D eigenvalue weighted by molar-refractivity contribution is -0.304. The van der Waals surface area contributed by atoms with Crippen molar-refractivity contribution in [2.24, 2.45) is 0 Å². The van der Waals surface area contributed by atoms with Crippen LogP contribution in [0.25, 0.3) is 0 Å². The Balaban J connectivity index is 2.17. The van der Waals surface area contributed by atoms with E-state index < -0.39 is 45.1 Å². The Morgan fingerprint density at radius 3 is 2.31 bits per heavy atom. The van der Waals surface area contributed by atoms with E-state index in [1.807, 2.05) is 30.3 Å². The largest absolute Gasteiger partial charge is 0.414 e. The topological polar surface area (TPSA) is 77.4 Å². The summed E-state index contributed by atoms with van der Waals surface area (Å²) in [4.78, 5) is 0.